The number of methoxy groups -OCH3 is 2. The van der Waals surface area contributed by atoms with Crippen molar-refractivity contribution in [3.05, 3.63) is 16.6 Å². The van der Waals surface area contributed by atoms with Crippen molar-refractivity contribution in [2.24, 2.45) is 0 Å². The Hall–Kier alpha value is -1.32. The number of carbonyl (C=O) groups excluding carboxylic acids is 1. The molecular formula is C14H21BrN2O5S. The Kier molecular flexibility index (Phi) is 7.30. The molecule has 0 saturated heterocycles. The van der Waals surface area contributed by atoms with E-state index >= 15 is 0 Å². The number of nitrogens with one attached hydrogen (secondary N) is 1. The normalized spacial score (nSPS) is 11.4. The molecule has 0 aliphatic heterocycles. The molecule has 0 aromatic heterocycles. The summed E-state index contributed by atoms with van der Waals surface area (Å²) in [5, 5.41) is 2.59. The maximum atomic E-state index is 12.8. The minimum atomic E-state index is -3.86. The lowest BCUT2D eigenvalue weighted by atomic mass is 10.3. The summed E-state index contributed by atoms with van der Waals surface area (Å²) in [7, 11) is -0.973. The quantitative estimate of drug-likeness (QED) is 0.705. The van der Waals surface area contributed by atoms with Gasteiger partial charge in [-0.3, -0.25) is 4.79 Å². The van der Waals surface area contributed by atoms with Crippen LogP contribution < -0.4 is 14.8 Å². The number of rotatable bonds is 8. The maximum Gasteiger partial charge on any atom is 0.244 e. The number of ether oxygens (including phenoxy) is 2. The molecule has 1 amide bonds. The van der Waals surface area contributed by atoms with Gasteiger partial charge in [-0.2, -0.15) is 4.31 Å². The summed E-state index contributed by atoms with van der Waals surface area (Å²) in [6.07, 6.45) is 0. The molecule has 1 aromatic carbocycles. The predicted octanol–water partition coefficient (Wildman–Crippen LogP) is 1.61. The zero-order valence-corrected chi connectivity index (χ0v) is 16.0. The topological polar surface area (TPSA) is 84.9 Å². The molecule has 1 aromatic rings. The second-order valence-electron chi connectivity index (χ2n) is 4.52. The van der Waals surface area contributed by atoms with Gasteiger partial charge in [-0.25, -0.2) is 8.42 Å². The van der Waals surface area contributed by atoms with Crippen LogP contribution in [0.15, 0.2) is 21.5 Å². The van der Waals surface area contributed by atoms with Gasteiger partial charge < -0.3 is 14.8 Å². The van der Waals surface area contributed by atoms with Crippen LogP contribution in [0.25, 0.3) is 0 Å². The third kappa shape index (κ3) is 4.58. The highest BCUT2D eigenvalue weighted by atomic mass is 79.9. The Balaban J connectivity index is 3.27. The number of nitrogens with zero attached hydrogens (tertiary/aromatic N) is 1. The number of amides is 1. The van der Waals surface area contributed by atoms with Gasteiger partial charge in [0.1, 0.15) is 4.90 Å². The van der Waals surface area contributed by atoms with Crippen LogP contribution in [-0.4, -0.2) is 52.5 Å². The molecule has 1 N–H and O–H groups in total. The van der Waals surface area contributed by atoms with Gasteiger partial charge in [-0.1, -0.05) is 6.92 Å². The molecule has 0 bridgehead atoms. The third-order valence-electron chi connectivity index (χ3n) is 3.10. The number of likely N-dealkylation sites (N-methyl/N-ethyl adjacent to an activating group) is 2. The van der Waals surface area contributed by atoms with E-state index in [1.807, 2.05) is 0 Å². The molecule has 130 valence electrons. The molecule has 0 atom stereocenters. The summed E-state index contributed by atoms with van der Waals surface area (Å²) < 4.78 is 37.4. The molecule has 9 heteroatoms. The summed E-state index contributed by atoms with van der Waals surface area (Å²) >= 11 is 3.24. The van der Waals surface area contributed by atoms with Crippen LogP contribution >= 0.6 is 15.9 Å². The van der Waals surface area contributed by atoms with Crippen molar-refractivity contribution in [2.75, 3.05) is 33.9 Å². The van der Waals surface area contributed by atoms with Crippen molar-refractivity contribution in [2.45, 2.75) is 18.7 Å². The SMILES string of the molecule is CCNC(=O)CN(CC)S(=O)(=O)c1cc(OC)c(OC)cc1Br. The number of hydrogen-bond acceptors (Lipinski definition) is 5. The molecule has 23 heavy (non-hydrogen) atoms. The predicted molar refractivity (Wildman–Crippen MR) is 90.4 cm³/mol. The lowest BCUT2D eigenvalue weighted by molar-refractivity contribution is -0.121. The second kappa shape index (κ2) is 8.51. The van der Waals surface area contributed by atoms with E-state index in [4.69, 9.17) is 9.47 Å². The lowest BCUT2D eigenvalue weighted by Gasteiger charge is -2.21. The molecule has 0 spiro atoms. The maximum absolute atomic E-state index is 12.8. The van der Waals surface area contributed by atoms with E-state index in [9.17, 15) is 13.2 Å². The summed E-state index contributed by atoms with van der Waals surface area (Å²) in [5.41, 5.74) is 0. The first-order chi connectivity index (χ1) is 10.8. The fraction of sp³-hybridized carbons (Fsp3) is 0.500. The van der Waals surface area contributed by atoms with Gasteiger partial charge in [0.15, 0.2) is 11.5 Å². The van der Waals surface area contributed by atoms with E-state index in [0.717, 1.165) is 4.31 Å². The van der Waals surface area contributed by atoms with Crippen LogP contribution in [0.2, 0.25) is 0 Å². The van der Waals surface area contributed by atoms with Crippen LogP contribution in [-0.2, 0) is 14.8 Å². The molecule has 0 heterocycles. The first-order valence-corrected chi connectivity index (χ1v) is 9.23. The van der Waals surface area contributed by atoms with Gasteiger partial charge in [0, 0.05) is 23.6 Å². The number of sulfonamides is 1. The van der Waals surface area contributed by atoms with Gasteiger partial charge >= 0.3 is 0 Å². The fourth-order valence-electron chi connectivity index (χ4n) is 1.95. The summed E-state index contributed by atoms with van der Waals surface area (Å²) in [5.74, 6) is 0.350. The smallest absolute Gasteiger partial charge is 0.244 e. The average Bonchev–Trinajstić information content (AvgIpc) is 2.51. The molecule has 0 aliphatic carbocycles. The molecule has 7 nitrogen and oxygen atoms in total. The van der Waals surface area contributed by atoms with Gasteiger partial charge in [0.2, 0.25) is 15.9 Å². The highest BCUT2D eigenvalue weighted by Crippen LogP contribution is 2.36. The Labute approximate surface area is 145 Å². The highest BCUT2D eigenvalue weighted by Gasteiger charge is 2.28. The Bertz CT molecular complexity index is 663. The van der Waals surface area contributed by atoms with Gasteiger partial charge in [0.05, 0.1) is 20.8 Å². The zero-order valence-electron chi connectivity index (χ0n) is 13.6. The molecule has 0 fully saturated rings. The van der Waals surface area contributed by atoms with Gasteiger partial charge in [0.25, 0.3) is 0 Å². The zero-order chi connectivity index (χ0) is 17.6. The number of carbonyl (C=O) groups is 1. The molecule has 0 radical (unpaired) electrons. The number of halogens is 1. The largest absolute Gasteiger partial charge is 0.493 e. The Morgan fingerprint density at radius 3 is 2.26 bits per heavy atom. The summed E-state index contributed by atoms with van der Waals surface area (Å²) in [4.78, 5) is 11.7. The molecule has 0 unspecified atom stereocenters. The van der Waals surface area contributed by atoms with E-state index in [2.05, 4.69) is 21.2 Å². The lowest BCUT2D eigenvalue weighted by Crippen LogP contribution is -2.40. The van der Waals surface area contributed by atoms with Crippen LogP contribution in [0.4, 0.5) is 0 Å². The summed E-state index contributed by atoms with van der Waals surface area (Å²) in [6.45, 7) is 3.81. The first kappa shape index (κ1) is 19.7. The van der Waals surface area contributed by atoms with Crippen LogP contribution in [0.1, 0.15) is 13.8 Å². The van der Waals surface area contributed by atoms with E-state index in [1.54, 1.807) is 13.8 Å². The minimum absolute atomic E-state index is 0.0151. The van der Waals surface area contributed by atoms with Gasteiger partial charge in [-0.05, 0) is 28.9 Å². The van der Waals surface area contributed by atoms with Crippen molar-refractivity contribution in [1.29, 1.82) is 0 Å². The van der Waals surface area contributed by atoms with Crippen molar-refractivity contribution >= 4 is 31.9 Å². The van der Waals surface area contributed by atoms with Crippen molar-refractivity contribution in [1.82, 2.24) is 9.62 Å². The first-order valence-electron chi connectivity index (χ1n) is 7.00. The molecule has 0 aliphatic rings. The molecule has 1 rings (SSSR count). The van der Waals surface area contributed by atoms with E-state index in [0.29, 0.717) is 22.5 Å². The standard InChI is InChI=1S/C14H21BrN2O5S/c1-5-16-14(18)9-17(6-2)23(19,20)13-8-12(22-4)11(21-3)7-10(13)15/h7-8H,5-6,9H2,1-4H3,(H,16,18). The highest BCUT2D eigenvalue weighted by molar-refractivity contribution is 9.10. The number of hydrogen-bond donors (Lipinski definition) is 1. The Morgan fingerprint density at radius 2 is 1.78 bits per heavy atom. The molecule has 0 saturated carbocycles. The van der Waals surface area contributed by atoms with E-state index in [-0.39, 0.29) is 23.9 Å². The monoisotopic (exact) mass is 408 g/mol. The van der Waals surface area contributed by atoms with Crippen LogP contribution in [0.3, 0.4) is 0 Å². The van der Waals surface area contributed by atoms with Crippen molar-refractivity contribution in [3.8, 4) is 11.5 Å². The van der Waals surface area contributed by atoms with Crippen molar-refractivity contribution < 1.29 is 22.7 Å². The average molecular weight is 409 g/mol. The van der Waals surface area contributed by atoms with Crippen LogP contribution in [0.5, 0.6) is 11.5 Å². The second-order valence-corrected chi connectivity index (χ2v) is 7.28. The summed E-state index contributed by atoms with van der Waals surface area (Å²) in [6, 6.07) is 2.89. The molecular weight excluding hydrogens is 388 g/mol. The fourth-order valence-corrected chi connectivity index (χ4v) is 4.35. The Morgan fingerprint density at radius 1 is 1.22 bits per heavy atom. The van der Waals surface area contributed by atoms with Crippen LogP contribution in [0, 0.1) is 0 Å². The number of benzene rings is 1. The van der Waals surface area contributed by atoms with Gasteiger partial charge in [-0.15, -0.1) is 0 Å². The van der Waals surface area contributed by atoms with E-state index in [1.165, 1.54) is 26.4 Å². The third-order valence-corrected chi connectivity index (χ3v) is 5.98. The van der Waals surface area contributed by atoms with E-state index < -0.39 is 10.0 Å². The van der Waals surface area contributed by atoms with Crippen molar-refractivity contribution in [3.63, 3.8) is 0 Å². The minimum Gasteiger partial charge on any atom is -0.493 e.